The van der Waals surface area contributed by atoms with Crippen LogP contribution in [0, 0.1) is 0 Å². The summed E-state index contributed by atoms with van der Waals surface area (Å²) in [6, 6.07) is 8.76. The number of hydrogen-bond donors (Lipinski definition) is 2. The maximum absolute atomic E-state index is 11.7. The number of rotatable bonds is 5. The molecular formula is C12H12Br2N2O2S2. The molecule has 0 aliphatic rings. The van der Waals surface area contributed by atoms with Gasteiger partial charge in [-0.05, 0) is 63.2 Å². The van der Waals surface area contributed by atoms with Crippen molar-refractivity contribution in [1.29, 1.82) is 0 Å². The topological polar surface area (TPSA) is 58.2 Å². The van der Waals surface area contributed by atoms with E-state index < -0.39 is 10.0 Å². The number of sulfonamides is 1. The summed E-state index contributed by atoms with van der Waals surface area (Å²) < 4.78 is 27.8. The largest absolute Gasteiger partial charge is 0.380 e. The third-order valence-electron chi connectivity index (χ3n) is 2.58. The van der Waals surface area contributed by atoms with Crippen LogP contribution in [0.25, 0.3) is 0 Å². The summed E-state index contributed by atoms with van der Waals surface area (Å²) in [6.45, 7) is 0.637. The molecule has 4 nitrogen and oxygen atoms in total. The van der Waals surface area contributed by atoms with Gasteiger partial charge in [-0.3, -0.25) is 0 Å². The van der Waals surface area contributed by atoms with Gasteiger partial charge < -0.3 is 5.32 Å². The van der Waals surface area contributed by atoms with Crippen molar-refractivity contribution in [3.05, 3.63) is 43.5 Å². The molecule has 0 bridgehead atoms. The van der Waals surface area contributed by atoms with E-state index in [1.807, 2.05) is 12.1 Å². The minimum Gasteiger partial charge on any atom is -0.380 e. The molecule has 0 atom stereocenters. The molecule has 0 spiro atoms. The molecule has 108 valence electrons. The van der Waals surface area contributed by atoms with Gasteiger partial charge in [0.15, 0.2) is 0 Å². The molecule has 2 N–H and O–H groups in total. The Labute approximate surface area is 138 Å². The van der Waals surface area contributed by atoms with Crippen molar-refractivity contribution in [2.24, 2.45) is 0 Å². The molecule has 0 amide bonds. The van der Waals surface area contributed by atoms with Gasteiger partial charge in [-0.25, -0.2) is 13.1 Å². The number of halogens is 2. The lowest BCUT2D eigenvalue weighted by molar-refractivity contribution is 0.588. The van der Waals surface area contributed by atoms with Crippen LogP contribution in [0.4, 0.5) is 5.69 Å². The lowest BCUT2D eigenvalue weighted by Crippen LogP contribution is -2.18. The molecule has 0 aliphatic carbocycles. The quantitative estimate of drug-likeness (QED) is 0.744. The predicted molar refractivity (Wildman–Crippen MR) is 89.7 cm³/mol. The molecule has 0 radical (unpaired) electrons. The first-order valence-electron chi connectivity index (χ1n) is 5.63. The average Bonchev–Trinajstić information content (AvgIpc) is 2.76. The van der Waals surface area contributed by atoms with E-state index in [1.54, 1.807) is 29.5 Å². The minimum absolute atomic E-state index is 0.249. The average molecular weight is 440 g/mol. The number of benzene rings is 1. The second kappa shape index (κ2) is 6.57. The highest BCUT2D eigenvalue weighted by atomic mass is 79.9. The number of thiophene rings is 1. The fraction of sp³-hybridized carbons (Fsp3) is 0.167. The Morgan fingerprint density at radius 2 is 2.00 bits per heavy atom. The monoisotopic (exact) mass is 438 g/mol. The highest BCUT2D eigenvalue weighted by Gasteiger charge is 2.11. The van der Waals surface area contributed by atoms with Crippen molar-refractivity contribution in [3.63, 3.8) is 0 Å². The van der Waals surface area contributed by atoms with E-state index in [-0.39, 0.29) is 4.90 Å². The first-order chi connectivity index (χ1) is 9.42. The van der Waals surface area contributed by atoms with E-state index in [4.69, 9.17) is 0 Å². The summed E-state index contributed by atoms with van der Waals surface area (Å²) in [4.78, 5) is 1.39. The number of hydrogen-bond acceptors (Lipinski definition) is 4. The summed E-state index contributed by atoms with van der Waals surface area (Å²) in [5, 5.41) is 3.21. The van der Waals surface area contributed by atoms with Gasteiger partial charge in [-0.1, -0.05) is 6.07 Å². The molecule has 0 saturated carbocycles. The fourth-order valence-corrected chi connectivity index (χ4v) is 4.45. The van der Waals surface area contributed by atoms with Crippen LogP contribution in [0.3, 0.4) is 0 Å². The Hall–Kier alpha value is -0.410. The van der Waals surface area contributed by atoms with Crippen LogP contribution in [0.15, 0.2) is 43.5 Å². The van der Waals surface area contributed by atoms with Crippen molar-refractivity contribution in [3.8, 4) is 0 Å². The Bertz CT molecular complexity index is 694. The van der Waals surface area contributed by atoms with E-state index in [1.165, 1.54) is 7.05 Å². The van der Waals surface area contributed by atoms with Crippen LogP contribution in [-0.2, 0) is 16.6 Å². The normalized spacial score (nSPS) is 11.6. The van der Waals surface area contributed by atoms with Gasteiger partial charge >= 0.3 is 0 Å². The van der Waals surface area contributed by atoms with E-state index in [0.717, 1.165) is 18.8 Å². The smallest absolute Gasteiger partial charge is 0.240 e. The van der Waals surface area contributed by atoms with Crippen LogP contribution in [0.5, 0.6) is 0 Å². The summed E-state index contributed by atoms with van der Waals surface area (Å²) in [7, 11) is -2.01. The zero-order valence-electron chi connectivity index (χ0n) is 10.5. The van der Waals surface area contributed by atoms with E-state index in [2.05, 4.69) is 41.9 Å². The zero-order chi connectivity index (χ0) is 14.8. The Morgan fingerprint density at radius 1 is 1.25 bits per heavy atom. The second-order valence-electron chi connectivity index (χ2n) is 3.92. The van der Waals surface area contributed by atoms with Gasteiger partial charge in [0.05, 0.1) is 8.68 Å². The molecule has 0 fully saturated rings. The lowest BCUT2D eigenvalue weighted by atomic mass is 10.3. The van der Waals surface area contributed by atoms with Crippen molar-refractivity contribution >= 4 is 58.9 Å². The van der Waals surface area contributed by atoms with Crippen molar-refractivity contribution < 1.29 is 8.42 Å². The molecule has 1 heterocycles. The predicted octanol–water partition coefficient (Wildman–Crippen LogP) is 3.79. The molecule has 1 aromatic heterocycles. The summed E-state index contributed by atoms with van der Waals surface area (Å²) in [5.74, 6) is 0. The minimum atomic E-state index is -3.41. The van der Waals surface area contributed by atoms with Gasteiger partial charge in [0.25, 0.3) is 0 Å². The molecular weight excluding hydrogens is 428 g/mol. The molecule has 0 unspecified atom stereocenters. The Kier molecular flexibility index (Phi) is 5.25. The van der Waals surface area contributed by atoms with E-state index >= 15 is 0 Å². The van der Waals surface area contributed by atoms with Crippen LogP contribution in [-0.4, -0.2) is 15.5 Å². The summed E-state index contributed by atoms with van der Waals surface area (Å²) >= 11 is 8.51. The van der Waals surface area contributed by atoms with Crippen molar-refractivity contribution in [1.82, 2.24) is 4.72 Å². The summed E-state index contributed by atoms with van der Waals surface area (Å²) in [5.41, 5.74) is 0.766. The van der Waals surface area contributed by atoms with Crippen LogP contribution < -0.4 is 10.0 Å². The van der Waals surface area contributed by atoms with E-state index in [9.17, 15) is 8.42 Å². The molecule has 1 aromatic carbocycles. The molecule has 0 saturated heterocycles. The first kappa shape index (κ1) is 16.0. The molecule has 8 heteroatoms. The third-order valence-corrected chi connectivity index (χ3v) is 7.24. The third kappa shape index (κ3) is 3.82. The van der Waals surface area contributed by atoms with Gasteiger partial charge in [0.2, 0.25) is 10.0 Å². The van der Waals surface area contributed by atoms with Gasteiger partial charge in [0.1, 0.15) is 0 Å². The lowest BCUT2D eigenvalue weighted by Gasteiger charge is -2.07. The standard InChI is InChI=1S/C12H12Br2N2O2S2/c1-15-20(17,18)10-4-2-3-8(5-10)16-7-9-6-11(13)12(14)19-9/h2-6,15-16H,7H2,1H3. The molecule has 2 aromatic rings. The number of anilines is 1. The summed E-state index contributed by atoms with van der Waals surface area (Å²) in [6.07, 6.45) is 0. The maximum atomic E-state index is 11.7. The Balaban J connectivity index is 2.12. The van der Waals surface area contributed by atoms with E-state index in [0.29, 0.717) is 6.54 Å². The second-order valence-corrected chi connectivity index (χ2v) is 9.12. The number of nitrogens with one attached hydrogen (secondary N) is 2. The highest BCUT2D eigenvalue weighted by molar-refractivity contribution is 9.13. The zero-order valence-corrected chi connectivity index (χ0v) is 15.3. The SMILES string of the molecule is CNS(=O)(=O)c1cccc(NCc2cc(Br)c(Br)s2)c1. The van der Waals surface area contributed by atoms with Crippen molar-refractivity contribution in [2.45, 2.75) is 11.4 Å². The molecule has 2 rings (SSSR count). The van der Waals surface area contributed by atoms with Crippen LogP contribution in [0.1, 0.15) is 4.88 Å². The van der Waals surface area contributed by atoms with Gasteiger partial charge in [-0.2, -0.15) is 0 Å². The Morgan fingerprint density at radius 3 is 2.60 bits per heavy atom. The maximum Gasteiger partial charge on any atom is 0.240 e. The molecule has 20 heavy (non-hydrogen) atoms. The van der Waals surface area contributed by atoms with Gasteiger partial charge in [-0.15, -0.1) is 11.3 Å². The highest BCUT2D eigenvalue weighted by Crippen LogP contribution is 2.32. The van der Waals surface area contributed by atoms with Gasteiger partial charge in [0, 0.05) is 21.6 Å². The fourth-order valence-electron chi connectivity index (χ4n) is 1.56. The molecule has 0 aliphatic heterocycles. The van der Waals surface area contributed by atoms with Crippen LogP contribution in [0.2, 0.25) is 0 Å². The van der Waals surface area contributed by atoms with Crippen molar-refractivity contribution in [2.75, 3.05) is 12.4 Å². The first-order valence-corrected chi connectivity index (χ1v) is 9.52. The van der Waals surface area contributed by atoms with Crippen LogP contribution >= 0.6 is 43.2 Å².